The van der Waals surface area contributed by atoms with Crippen LogP contribution in [0, 0.1) is 13.8 Å². The number of thiazole rings is 1. The van der Waals surface area contributed by atoms with Crippen LogP contribution >= 0.6 is 11.3 Å². The van der Waals surface area contributed by atoms with Crippen molar-refractivity contribution in [2.24, 2.45) is 0 Å². The first kappa shape index (κ1) is 15.0. The van der Waals surface area contributed by atoms with Crippen molar-refractivity contribution >= 4 is 17.2 Å². The summed E-state index contributed by atoms with van der Waals surface area (Å²) >= 11 is 1.42. The normalized spacial score (nSPS) is 15.8. The number of hydrogen-bond acceptors (Lipinski definition) is 4. The number of para-hydroxylation sites is 1. The maximum Gasteiger partial charge on any atom is 0.265 e. The summed E-state index contributed by atoms with van der Waals surface area (Å²) in [6.07, 6.45) is 1.93. The molecule has 116 valence electrons. The van der Waals surface area contributed by atoms with E-state index in [1.165, 1.54) is 11.3 Å². The fourth-order valence-corrected chi connectivity index (χ4v) is 3.47. The van der Waals surface area contributed by atoms with Gasteiger partial charge >= 0.3 is 0 Å². The summed E-state index contributed by atoms with van der Waals surface area (Å²) in [5.41, 5.74) is 3.71. The van der Waals surface area contributed by atoms with Crippen LogP contribution in [0.3, 0.4) is 0 Å². The number of carbonyl (C=O) groups is 1. The molecular formula is C17H20N2O2S. The van der Waals surface area contributed by atoms with E-state index in [1.54, 1.807) is 5.51 Å². The fourth-order valence-electron chi connectivity index (χ4n) is 2.70. The lowest BCUT2D eigenvalue weighted by Gasteiger charge is -2.32. The van der Waals surface area contributed by atoms with Crippen LogP contribution in [-0.2, 0) is 0 Å². The highest BCUT2D eigenvalue weighted by Crippen LogP contribution is 2.24. The monoisotopic (exact) mass is 316 g/mol. The average Bonchev–Trinajstić information content (AvgIpc) is 2.96. The van der Waals surface area contributed by atoms with E-state index < -0.39 is 0 Å². The summed E-state index contributed by atoms with van der Waals surface area (Å²) in [5.74, 6) is 1.06. The zero-order valence-electron chi connectivity index (χ0n) is 12.9. The second-order valence-electron chi connectivity index (χ2n) is 5.64. The first-order valence-electron chi connectivity index (χ1n) is 7.57. The Hall–Kier alpha value is -1.88. The third kappa shape index (κ3) is 3.14. The summed E-state index contributed by atoms with van der Waals surface area (Å²) in [6, 6.07) is 8.07. The summed E-state index contributed by atoms with van der Waals surface area (Å²) in [4.78, 5) is 19.3. The van der Waals surface area contributed by atoms with Crippen LogP contribution in [0.1, 0.15) is 33.8 Å². The number of ether oxygens (including phenoxy) is 1. The Morgan fingerprint density at radius 2 is 2.00 bits per heavy atom. The molecule has 2 aromatic rings. The van der Waals surface area contributed by atoms with Gasteiger partial charge in [0.25, 0.3) is 5.91 Å². The second kappa shape index (κ2) is 6.48. The number of aryl methyl sites for hydroxylation is 2. The molecule has 0 spiro atoms. The van der Waals surface area contributed by atoms with E-state index in [-0.39, 0.29) is 12.0 Å². The number of amides is 1. The molecule has 2 heterocycles. The van der Waals surface area contributed by atoms with E-state index in [4.69, 9.17) is 4.74 Å². The summed E-state index contributed by atoms with van der Waals surface area (Å²) < 4.78 is 6.08. The lowest BCUT2D eigenvalue weighted by atomic mass is 10.1. The Balaban J connectivity index is 1.58. The third-order valence-electron chi connectivity index (χ3n) is 4.06. The van der Waals surface area contributed by atoms with Crippen LogP contribution in [-0.4, -0.2) is 35.0 Å². The van der Waals surface area contributed by atoms with Gasteiger partial charge in [-0.05, 0) is 25.5 Å². The van der Waals surface area contributed by atoms with Crippen LogP contribution in [0.25, 0.3) is 0 Å². The molecule has 1 fully saturated rings. The van der Waals surface area contributed by atoms with E-state index in [0.717, 1.165) is 47.8 Å². The number of rotatable bonds is 3. The zero-order valence-corrected chi connectivity index (χ0v) is 13.7. The van der Waals surface area contributed by atoms with Gasteiger partial charge in [-0.15, -0.1) is 11.3 Å². The van der Waals surface area contributed by atoms with Crippen molar-refractivity contribution < 1.29 is 9.53 Å². The standard InChI is InChI=1S/C17H20N2O2S/c1-12-5-3-4-6-15(12)21-14-7-9-19(10-8-14)17(20)16-13(2)18-11-22-16/h3-6,11,14H,7-10H2,1-2H3. The quantitative estimate of drug-likeness (QED) is 0.871. The number of hydrogen-bond donors (Lipinski definition) is 0. The van der Waals surface area contributed by atoms with E-state index >= 15 is 0 Å². The predicted octanol–water partition coefficient (Wildman–Crippen LogP) is 3.44. The van der Waals surface area contributed by atoms with Crippen LogP contribution in [0.2, 0.25) is 0 Å². The van der Waals surface area contributed by atoms with Crippen molar-refractivity contribution in [2.45, 2.75) is 32.8 Å². The van der Waals surface area contributed by atoms with E-state index in [1.807, 2.05) is 30.0 Å². The van der Waals surface area contributed by atoms with Crippen LogP contribution in [0.15, 0.2) is 29.8 Å². The zero-order chi connectivity index (χ0) is 15.5. The predicted molar refractivity (Wildman–Crippen MR) is 87.6 cm³/mol. The van der Waals surface area contributed by atoms with Crippen molar-refractivity contribution in [2.75, 3.05) is 13.1 Å². The smallest absolute Gasteiger partial charge is 0.265 e. The Kier molecular flexibility index (Phi) is 4.43. The SMILES string of the molecule is Cc1ccccc1OC1CCN(C(=O)c2scnc2C)CC1. The first-order valence-corrected chi connectivity index (χ1v) is 8.45. The molecule has 0 atom stereocenters. The van der Waals surface area contributed by atoms with Crippen LogP contribution in [0.4, 0.5) is 0 Å². The minimum absolute atomic E-state index is 0.106. The van der Waals surface area contributed by atoms with E-state index in [0.29, 0.717) is 0 Å². The maximum absolute atomic E-state index is 12.5. The van der Waals surface area contributed by atoms with E-state index in [9.17, 15) is 4.79 Å². The number of aromatic nitrogens is 1. The molecule has 1 aliphatic rings. The van der Waals surface area contributed by atoms with Gasteiger partial charge in [0.2, 0.25) is 0 Å². The Morgan fingerprint density at radius 3 is 2.64 bits per heavy atom. The van der Waals surface area contributed by atoms with Crippen molar-refractivity contribution in [3.05, 3.63) is 45.9 Å². The molecule has 0 bridgehead atoms. The molecular weight excluding hydrogens is 296 g/mol. The fraction of sp³-hybridized carbons (Fsp3) is 0.412. The highest BCUT2D eigenvalue weighted by Gasteiger charge is 2.26. The van der Waals surface area contributed by atoms with Gasteiger partial charge in [0, 0.05) is 25.9 Å². The Bertz CT molecular complexity index is 660. The molecule has 0 N–H and O–H groups in total. The summed E-state index contributed by atoms with van der Waals surface area (Å²) in [6.45, 7) is 5.43. The van der Waals surface area contributed by atoms with Gasteiger partial charge in [-0.2, -0.15) is 0 Å². The van der Waals surface area contributed by atoms with Crippen LogP contribution in [0.5, 0.6) is 5.75 Å². The third-order valence-corrected chi connectivity index (χ3v) is 4.97. The molecule has 1 aromatic heterocycles. The Morgan fingerprint density at radius 1 is 1.27 bits per heavy atom. The van der Waals surface area contributed by atoms with Gasteiger partial charge in [0.15, 0.2) is 0 Å². The highest BCUT2D eigenvalue weighted by atomic mass is 32.1. The molecule has 1 amide bonds. The first-order chi connectivity index (χ1) is 10.6. The molecule has 1 aliphatic heterocycles. The largest absolute Gasteiger partial charge is 0.490 e. The van der Waals surface area contributed by atoms with Gasteiger partial charge in [0.1, 0.15) is 16.7 Å². The van der Waals surface area contributed by atoms with Gasteiger partial charge < -0.3 is 9.64 Å². The molecule has 0 unspecified atom stereocenters. The van der Waals surface area contributed by atoms with Gasteiger partial charge in [-0.25, -0.2) is 4.98 Å². The number of likely N-dealkylation sites (tertiary alicyclic amines) is 1. The van der Waals surface area contributed by atoms with Gasteiger partial charge in [-0.3, -0.25) is 4.79 Å². The Labute approximate surface area is 134 Å². The molecule has 0 radical (unpaired) electrons. The van der Waals surface area contributed by atoms with Crippen molar-refractivity contribution in [3.63, 3.8) is 0 Å². The lowest BCUT2D eigenvalue weighted by molar-refractivity contribution is 0.0598. The lowest BCUT2D eigenvalue weighted by Crippen LogP contribution is -2.41. The minimum atomic E-state index is 0.106. The number of benzene rings is 1. The molecule has 3 rings (SSSR count). The second-order valence-corrected chi connectivity index (χ2v) is 6.50. The highest BCUT2D eigenvalue weighted by molar-refractivity contribution is 7.11. The molecule has 22 heavy (non-hydrogen) atoms. The van der Waals surface area contributed by atoms with Gasteiger partial charge in [0.05, 0.1) is 11.2 Å². The molecule has 1 aromatic carbocycles. The number of nitrogens with zero attached hydrogens (tertiary/aromatic N) is 2. The van der Waals surface area contributed by atoms with E-state index in [2.05, 4.69) is 18.0 Å². The number of carbonyl (C=O) groups excluding carboxylic acids is 1. The van der Waals surface area contributed by atoms with Crippen molar-refractivity contribution in [3.8, 4) is 5.75 Å². The summed E-state index contributed by atoms with van der Waals surface area (Å²) in [7, 11) is 0. The minimum Gasteiger partial charge on any atom is -0.490 e. The average molecular weight is 316 g/mol. The molecule has 4 nitrogen and oxygen atoms in total. The summed E-state index contributed by atoms with van der Waals surface area (Å²) in [5, 5.41) is 0. The molecule has 5 heteroatoms. The molecule has 1 saturated heterocycles. The van der Waals surface area contributed by atoms with Gasteiger partial charge in [-0.1, -0.05) is 18.2 Å². The maximum atomic E-state index is 12.5. The van der Waals surface area contributed by atoms with Crippen LogP contribution < -0.4 is 4.74 Å². The molecule has 0 saturated carbocycles. The number of piperidine rings is 1. The van der Waals surface area contributed by atoms with Crippen molar-refractivity contribution in [1.82, 2.24) is 9.88 Å². The molecule has 0 aliphatic carbocycles. The topological polar surface area (TPSA) is 42.4 Å². The van der Waals surface area contributed by atoms with Crippen molar-refractivity contribution in [1.29, 1.82) is 0 Å².